The number of phenolic OH excluding ortho intramolecular Hbond substituents is 1. The summed E-state index contributed by atoms with van der Waals surface area (Å²) in [6, 6.07) is 11.6. The van der Waals surface area contributed by atoms with E-state index in [-0.39, 0.29) is 18.6 Å². The van der Waals surface area contributed by atoms with E-state index >= 15 is 0 Å². The molecule has 0 bridgehead atoms. The van der Waals surface area contributed by atoms with Crippen LogP contribution in [0.1, 0.15) is 22.7 Å². The molecule has 2 aromatic rings. The highest BCUT2D eigenvalue weighted by molar-refractivity contribution is 5.49. The number of nitrogens with one attached hydrogen (secondary N) is 1. The maximum Gasteiger partial charge on any atom is 0.186 e. The Balaban J connectivity index is 1.81. The van der Waals surface area contributed by atoms with Crippen LogP contribution >= 0.6 is 0 Å². The van der Waals surface area contributed by atoms with Crippen molar-refractivity contribution in [2.45, 2.75) is 18.9 Å². The maximum atomic E-state index is 10.1. The quantitative estimate of drug-likeness (QED) is 0.738. The van der Waals surface area contributed by atoms with Gasteiger partial charge in [0.25, 0.3) is 0 Å². The monoisotopic (exact) mass is 315 g/mol. The number of phenols is 1. The summed E-state index contributed by atoms with van der Waals surface area (Å²) in [7, 11) is 1.57. The molecule has 2 aromatic carbocycles. The van der Waals surface area contributed by atoms with Crippen LogP contribution in [-0.4, -0.2) is 30.7 Å². The molecule has 122 valence electrons. The predicted molar refractivity (Wildman–Crippen MR) is 87.0 cm³/mol. The first-order valence-corrected chi connectivity index (χ1v) is 7.67. The molecule has 1 aliphatic rings. The van der Waals surface area contributed by atoms with Crippen molar-refractivity contribution >= 4 is 0 Å². The van der Waals surface area contributed by atoms with Gasteiger partial charge >= 0.3 is 0 Å². The fraction of sp³-hybridized carbons (Fsp3) is 0.333. The molecule has 3 N–H and O–H groups in total. The van der Waals surface area contributed by atoms with Gasteiger partial charge in [-0.25, -0.2) is 0 Å². The van der Waals surface area contributed by atoms with Crippen LogP contribution in [0.5, 0.6) is 17.2 Å². The molecule has 0 radical (unpaired) electrons. The first-order valence-electron chi connectivity index (χ1n) is 7.67. The van der Waals surface area contributed by atoms with Gasteiger partial charge in [0, 0.05) is 6.04 Å². The molecule has 5 nitrogen and oxygen atoms in total. The van der Waals surface area contributed by atoms with Crippen molar-refractivity contribution in [3.63, 3.8) is 0 Å². The van der Waals surface area contributed by atoms with E-state index in [1.165, 1.54) is 5.56 Å². The van der Waals surface area contributed by atoms with E-state index in [2.05, 4.69) is 5.32 Å². The van der Waals surface area contributed by atoms with Crippen LogP contribution in [0.15, 0.2) is 36.4 Å². The van der Waals surface area contributed by atoms with Crippen molar-refractivity contribution in [3.05, 3.63) is 53.1 Å². The molecule has 0 amide bonds. The summed E-state index contributed by atoms with van der Waals surface area (Å²) in [4.78, 5) is 0. The standard InChI is InChI=1S/C18H21NO4/c1-22-18-9-13-6-7-19-16(15(13)10-17(18)21)8-12-2-4-14(5-3-12)23-11-20/h2-5,9-10,16,19-21H,6-8,11H2,1H3. The number of ether oxygens (including phenoxy) is 2. The summed E-state index contributed by atoms with van der Waals surface area (Å²) >= 11 is 0. The lowest BCUT2D eigenvalue weighted by molar-refractivity contribution is 0.0985. The minimum absolute atomic E-state index is 0.153. The summed E-state index contributed by atoms with van der Waals surface area (Å²) < 4.78 is 10.2. The Morgan fingerprint density at radius 2 is 2.00 bits per heavy atom. The summed E-state index contributed by atoms with van der Waals surface area (Å²) in [5.74, 6) is 1.34. The summed E-state index contributed by atoms with van der Waals surface area (Å²) in [5, 5.41) is 22.3. The van der Waals surface area contributed by atoms with Gasteiger partial charge in [-0.05, 0) is 60.3 Å². The normalized spacial score (nSPS) is 16.7. The van der Waals surface area contributed by atoms with Gasteiger partial charge in [-0.3, -0.25) is 0 Å². The largest absolute Gasteiger partial charge is 0.504 e. The van der Waals surface area contributed by atoms with Gasteiger partial charge in [0.1, 0.15) is 5.75 Å². The van der Waals surface area contributed by atoms with Crippen molar-refractivity contribution in [1.29, 1.82) is 0 Å². The Hall–Kier alpha value is -2.24. The SMILES string of the molecule is COc1cc2c(cc1O)C(Cc1ccc(OCO)cc1)NCC2. The van der Waals surface area contributed by atoms with E-state index in [0.717, 1.165) is 30.5 Å². The van der Waals surface area contributed by atoms with Crippen molar-refractivity contribution in [1.82, 2.24) is 5.32 Å². The molecule has 1 atom stereocenters. The average Bonchev–Trinajstić information content (AvgIpc) is 2.57. The van der Waals surface area contributed by atoms with Crippen LogP contribution in [0.25, 0.3) is 0 Å². The highest BCUT2D eigenvalue weighted by Crippen LogP contribution is 2.35. The first kappa shape index (κ1) is 15.6. The zero-order chi connectivity index (χ0) is 16.2. The second kappa shape index (κ2) is 6.89. The molecule has 0 aliphatic carbocycles. The van der Waals surface area contributed by atoms with Crippen LogP contribution in [0.4, 0.5) is 0 Å². The molecule has 23 heavy (non-hydrogen) atoms. The molecule has 3 rings (SSSR count). The number of methoxy groups -OCH3 is 1. The third kappa shape index (κ3) is 3.41. The summed E-state index contributed by atoms with van der Waals surface area (Å²) in [6.07, 6.45) is 1.74. The van der Waals surface area contributed by atoms with E-state index in [9.17, 15) is 5.11 Å². The lowest BCUT2D eigenvalue weighted by atomic mass is 9.90. The second-order valence-electron chi connectivity index (χ2n) is 5.60. The van der Waals surface area contributed by atoms with Gasteiger partial charge in [0.2, 0.25) is 0 Å². The summed E-state index contributed by atoms with van der Waals surface area (Å²) in [6.45, 7) is 0.579. The first-order chi connectivity index (χ1) is 11.2. The van der Waals surface area contributed by atoms with E-state index in [1.54, 1.807) is 13.2 Å². The lowest BCUT2D eigenvalue weighted by Gasteiger charge is -2.28. The zero-order valence-electron chi connectivity index (χ0n) is 13.1. The highest BCUT2D eigenvalue weighted by Gasteiger charge is 2.22. The Labute approximate surface area is 135 Å². The van der Waals surface area contributed by atoms with Crippen LogP contribution in [0.3, 0.4) is 0 Å². The zero-order valence-corrected chi connectivity index (χ0v) is 13.1. The Morgan fingerprint density at radius 1 is 1.22 bits per heavy atom. The molecule has 0 aromatic heterocycles. The molecule has 0 saturated heterocycles. The van der Waals surface area contributed by atoms with E-state index in [1.807, 2.05) is 30.3 Å². The number of aromatic hydroxyl groups is 1. The fourth-order valence-electron chi connectivity index (χ4n) is 3.04. The number of rotatable bonds is 5. The topological polar surface area (TPSA) is 71.0 Å². The minimum atomic E-state index is -0.321. The number of hydrogen-bond acceptors (Lipinski definition) is 5. The highest BCUT2D eigenvalue weighted by atomic mass is 16.6. The Bertz CT molecular complexity index is 669. The molecule has 1 heterocycles. The average molecular weight is 315 g/mol. The lowest BCUT2D eigenvalue weighted by Crippen LogP contribution is -2.31. The number of fused-ring (bicyclic) bond motifs is 1. The van der Waals surface area contributed by atoms with Crippen molar-refractivity contribution < 1.29 is 19.7 Å². The van der Waals surface area contributed by atoms with Crippen LogP contribution < -0.4 is 14.8 Å². The molecular formula is C18H21NO4. The number of hydrogen-bond donors (Lipinski definition) is 3. The van der Waals surface area contributed by atoms with Crippen LogP contribution in [-0.2, 0) is 12.8 Å². The van der Waals surface area contributed by atoms with Crippen molar-refractivity contribution in [2.24, 2.45) is 0 Å². The fourth-order valence-corrected chi connectivity index (χ4v) is 3.04. The van der Waals surface area contributed by atoms with E-state index < -0.39 is 0 Å². The van der Waals surface area contributed by atoms with Crippen molar-refractivity contribution in [2.75, 3.05) is 20.4 Å². The maximum absolute atomic E-state index is 10.1. The second-order valence-corrected chi connectivity index (χ2v) is 5.60. The third-order valence-electron chi connectivity index (χ3n) is 4.20. The molecule has 5 heteroatoms. The molecule has 1 unspecified atom stereocenters. The molecule has 0 fully saturated rings. The molecular weight excluding hydrogens is 294 g/mol. The molecule has 0 saturated carbocycles. The van der Waals surface area contributed by atoms with E-state index in [4.69, 9.17) is 14.6 Å². The van der Waals surface area contributed by atoms with Gasteiger partial charge in [0.15, 0.2) is 18.3 Å². The van der Waals surface area contributed by atoms with Gasteiger partial charge in [-0.15, -0.1) is 0 Å². The number of aliphatic hydroxyl groups excluding tert-OH is 1. The van der Waals surface area contributed by atoms with Gasteiger partial charge in [0.05, 0.1) is 7.11 Å². The van der Waals surface area contributed by atoms with Crippen LogP contribution in [0.2, 0.25) is 0 Å². The van der Waals surface area contributed by atoms with E-state index in [0.29, 0.717) is 11.5 Å². The van der Waals surface area contributed by atoms with Crippen molar-refractivity contribution in [3.8, 4) is 17.2 Å². The number of benzene rings is 2. The smallest absolute Gasteiger partial charge is 0.186 e. The van der Waals surface area contributed by atoms with Gasteiger partial charge in [-0.2, -0.15) is 0 Å². The minimum Gasteiger partial charge on any atom is -0.504 e. The van der Waals surface area contributed by atoms with Gasteiger partial charge in [-0.1, -0.05) is 12.1 Å². The van der Waals surface area contributed by atoms with Crippen LogP contribution in [0, 0.1) is 0 Å². The van der Waals surface area contributed by atoms with Gasteiger partial charge < -0.3 is 25.0 Å². The Morgan fingerprint density at radius 3 is 2.70 bits per heavy atom. The molecule has 1 aliphatic heterocycles. The predicted octanol–water partition coefficient (Wildman–Crippen LogP) is 2.16. The summed E-state index contributed by atoms with van der Waals surface area (Å²) in [5.41, 5.74) is 3.49. The third-order valence-corrected chi connectivity index (χ3v) is 4.20. The Kier molecular flexibility index (Phi) is 4.69. The molecule has 0 spiro atoms. The number of aliphatic hydroxyl groups is 1.